The topological polar surface area (TPSA) is 60.2 Å². The van der Waals surface area contributed by atoms with Crippen molar-refractivity contribution in [1.82, 2.24) is 0 Å². The summed E-state index contributed by atoms with van der Waals surface area (Å²) in [7, 11) is 0. The van der Waals surface area contributed by atoms with E-state index in [0.29, 0.717) is 17.5 Å². The van der Waals surface area contributed by atoms with Crippen LogP contribution in [0.25, 0.3) is 0 Å². The van der Waals surface area contributed by atoms with Gasteiger partial charge in [0.2, 0.25) is 5.91 Å². The molecule has 2 rings (SSSR count). The first-order valence-corrected chi connectivity index (χ1v) is 6.70. The van der Waals surface area contributed by atoms with E-state index in [2.05, 4.69) is 0 Å². The Kier molecular flexibility index (Phi) is 4.53. The molecule has 0 heterocycles. The number of nitrogens with two attached hydrogens (primary N) is 1. The Bertz CT molecular complexity index is 638. The highest BCUT2D eigenvalue weighted by Crippen LogP contribution is 2.15. The van der Waals surface area contributed by atoms with Gasteiger partial charge in [0.15, 0.2) is 5.78 Å². The van der Waals surface area contributed by atoms with Crippen molar-refractivity contribution in [3.63, 3.8) is 0 Å². The van der Waals surface area contributed by atoms with E-state index in [1.54, 1.807) is 12.1 Å². The molecule has 0 aliphatic carbocycles. The summed E-state index contributed by atoms with van der Waals surface area (Å²) in [5.74, 6) is -0.889. The number of hydrogen-bond donors (Lipinski definition) is 1. The summed E-state index contributed by atoms with van der Waals surface area (Å²) < 4.78 is 0. The summed E-state index contributed by atoms with van der Waals surface area (Å²) in [4.78, 5) is 23.1. The highest BCUT2D eigenvalue weighted by atomic mass is 35.5. The molecule has 0 fully saturated rings. The normalized spacial score (nSPS) is 10.2. The number of amides is 1. The molecule has 102 valence electrons. The monoisotopic (exact) mass is 287 g/mol. The van der Waals surface area contributed by atoms with E-state index in [9.17, 15) is 9.59 Å². The maximum absolute atomic E-state index is 11.7. The molecule has 0 aliphatic heterocycles. The van der Waals surface area contributed by atoms with E-state index in [-0.39, 0.29) is 11.7 Å². The average molecular weight is 288 g/mol. The fourth-order valence-electron chi connectivity index (χ4n) is 2.01. The first-order chi connectivity index (χ1) is 9.60. The SMILES string of the molecule is NC(=O)c1cc(Cc2ccccc2)cc(C(=O)CCl)c1. The summed E-state index contributed by atoms with van der Waals surface area (Å²) >= 11 is 5.57. The van der Waals surface area contributed by atoms with Gasteiger partial charge in [0.25, 0.3) is 0 Å². The number of hydrogen-bond acceptors (Lipinski definition) is 2. The second-order valence-electron chi connectivity index (χ2n) is 4.50. The van der Waals surface area contributed by atoms with E-state index in [4.69, 9.17) is 17.3 Å². The lowest BCUT2D eigenvalue weighted by Gasteiger charge is -2.07. The Hall–Kier alpha value is -2.13. The second kappa shape index (κ2) is 6.35. The molecule has 3 nitrogen and oxygen atoms in total. The van der Waals surface area contributed by atoms with Crippen molar-refractivity contribution in [3.8, 4) is 0 Å². The van der Waals surface area contributed by atoms with Gasteiger partial charge in [0, 0.05) is 11.1 Å². The third-order valence-electron chi connectivity index (χ3n) is 2.97. The van der Waals surface area contributed by atoms with E-state index < -0.39 is 5.91 Å². The standard InChI is InChI=1S/C16H14ClNO2/c17-10-15(19)13-7-12(8-14(9-13)16(18)20)6-11-4-2-1-3-5-11/h1-5,7-9H,6,10H2,(H2,18,20). The van der Waals surface area contributed by atoms with Gasteiger partial charge in [-0.15, -0.1) is 11.6 Å². The van der Waals surface area contributed by atoms with Crippen LogP contribution in [0.1, 0.15) is 31.8 Å². The van der Waals surface area contributed by atoms with Crippen LogP contribution in [0, 0.1) is 0 Å². The van der Waals surface area contributed by atoms with Crippen LogP contribution >= 0.6 is 11.6 Å². The van der Waals surface area contributed by atoms with Crippen LogP contribution in [0.5, 0.6) is 0 Å². The molecule has 0 spiro atoms. The number of primary amides is 1. The number of Topliss-reactive ketones (excluding diaryl/α,β-unsaturated/α-hetero) is 1. The Balaban J connectivity index is 2.39. The maximum Gasteiger partial charge on any atom is 0.248 e. The quantitative estimate of drug-likeness (QED) is 0.679. The Morgan fingerprint density at radius 3 is 2.20 bits per heavy atom. The van der Waals surface area contributed by atoms with Crippen molar-refractivity contribution in [2.75, 3.05) is 5.88 Å². The molecule has 0 unspecified atom stereocenters. The fraction of sp³-hybridized carbons (Fsp3) is 0.125. The van der Waals surface area contributed by atoms with Gasteiger partial charge in [-0.2, -0.15) is 0 Å². The molecule has 0 saturated heterocycles. The van der Waals surface area contributed by atoms with Crippen LogP contribution in [0.2, 0.25) is 0 Å². The minimum absolute atomic E-state index is 0.118. The number of carbonyl (C=O) groups excluding carboxylic acids is 2. The van der Waals surface area contributed by atoms with Crippen LogP contribution in [0.3, 0.4) is 0 Å². The highest BCUT2D eigenvalue weighted by Gasteiger charge is 2.11. The lowest BCUT2D eigenvalue weighted by molar-refractivity contribution is 0.1000. The Morgan fingerprint density at radius 2 is 1.60 bits per heavy atom. The zero-order chi connectivity index (χ0) is 14.5. The van der Waals surface area contributed by atoms with Crippen LogP contribution < -0.4 is 5.73 Å². The molecule has 4 heteroatoms. The van der Waals surface area contributed by atoms with E-state index >= 15 is 0 Å². The van der Waals surface area contributed by atoms with Gasteiger partial charge in [-0.25, -0.2) is 0 Å². The smallest absolute Gasteiger partial charge is 0.248 e. The third-order valence-corrected chi connectivity index (χ3v) is 3.21. The van der Waals surface area contributed by atoms with Crippen molar-refractivity contribution in [1.29, 1.82) is 0 Å². The lowest BCUT2D eigenvalue weighted by atomic mass is 9.98. The summed E-state index contributed by atoms with van der Waals surface area (Å²) in [6.07, 6.45) is 0.629. The highest BCUT2D eigenvalue weighted by molar-refractivity contribution is 6.30. The van der Waals surface area contributed by atoms with Gasteiger partial charge in [-0.1, -0.05) is 30.3 Å². The lowest BCUT2D eigenvalue weighted by Crippen LogP contribution is -2.13. The number of benzene rings is 2. The molecule has 2 N–H and O–H groups in total. The van der Waals surface area contributed by atoms with Crippen LogP contribution in [-0.2, 0) is 6.42 Å². The number of halogens is 1. The van der Waals surface area contributed by atoms with Crippen LogP contribution in [0.15, 0.2) is 48.5 Å². The van der Waals surface area contributed by atoms with Gasteiger partial charge in [0.1, 0.15) is 0 Å². The summed E-state index contributed by atoms with van der Waals surface area (Å²) in [5, 5.41) is 0. The minimum atomic E-state index is -0.552. The van der Waals surface area contributed by atoms with Crippen molar-refractivity contribution < 1.29 is 9.59 Å². The number of carbonyl (C=O) groups is 2. The Labute approximate surface area is 122 Å². The largest absolute Gasteiger partial charge is 0.366 e. The van der Waals surface area contributed by atoms with Gasteiger partial charge >= 0.3 is 0 Å². The second-order valence-corrected chi connectivity index (χ2v) is 4.77. The molecule has 0 aromatic heterocycles. The van der Waals surface area contributed by atoms with Crippen LogP contribution in [0.4, 0.5) is 0 Å². The predicted molar refractivity (Wildman–Crippen MR) is 79.3 cm³/mol. The van der Waals surface area contributed by atoms with Crippen molar-refractivity contribution in [2.24, 2.45) is 5.73 Å². The molecule has 1 amide bonds. The molecule has 2 aromatic rings. The van der Waals surface area contributed by atoms with Gasteiger partial charge in [-0.3, -0.25) is 9.59 Å². The molecular weight excluding hydrogens is 274 g/mol. The molecule has 0 radical (unpaired) electrons. The third kappa shape index (κ3) is 3.45. The fourth-order valence-corrected chi connectivity index (χ4v) is 2.16. The zero-order valence-corrected chi connectivity index (χ0v) is 11.6. The molecule has 0 saturated carbocycles. The summed E-state index contributed by atoms with van der Waals surface area (Å²) in [5.41, 5.74) is 8.01. The Morgan fingerprint density at radius 1 is 0.950 bits per heavy atom. The maximum atomic E-state index is 11.7. The zero-order valence-electron chi connectivity index (χ0n) is 10.8. The molecule has 20 heavy (non-hydrogen) atoms. The van der Waals surface area contributed by atoms with E-state index in [0.717, 1.165) is 11.1 Å². The molecule has 0 atom stereocenters. The van der Waals surface area contributed by atoms with Crippen molar-refractivity contribution in [2.45, 2.75) is 6.42 Å². The van der Waals surface area contributed by atoms with Crippen molar-refractivity contribution >= 4 is 23.3 Å². The van der Waals surface area contributed by atoms with Crippen LogP contribution in [-0.4, -0.2) is 17.6 Å². The first kappa shape index (κ1) is 14.3. The first-order valence-electron chi connectivity index (χ1n) is 6.17. The number of ketones is 1. The van der Waals surface area contributed by atoms with Crippen molar-refractivity contribution in [3.05, 3.63) is 70.8 Å². The minimum Gasteiger partial charge on any atom is -0.366 e. The van der Waals surface area contributed by atoms with E-state index in [1.807, 2.05) is 30.3 Å². The summed E-state index contributed by atoms with van der Waals surface area (Å²) in [6, 6.07) is 14.7. The molecule has 2 aromatic carbocycles. The molecular formula is C16H14ClNO2. The molecule has 0 bridgehead atoms. The number of rotatable bonds is 5. The summed E-state index contributed by atoms with van der Waals surface area (Å²) in [6.45, 7) is 0. The van der Waals surface area contributed by atoms with Gasteiger partial charge < -0.3 is 5.73 Å². The van der Waals surface area contributed by atoms with E-state index in [1.165, 1.54) is 6.07 Å². The van der Waals surface area contributed by atoms with Gasteiger partial charge in [0.05, 0.1) is 5.88 Å². The van der Waals surface area contributed by atoms with Gasteiger partial charge in [-0.05, 0) is 35.7 Å². The predicted octanol–water partition coefficient (Wildman–Crippen LogP) is 2.80. The average Bonchev–Trinajstić information content (AvgIpc) is 2.47. The molecule has 0 aliphatic rings. The number of alkyl halides is 1.